The van der Waals surface area contributed by atoms with Crippen LogP contribution in [0.3, 0.4) is 0 Å². The first-order chi connectivity index (χ1) is 11.6. The Kier molecular flexibility index (Phi) is 7.20. The zero-order valence-corrected chi connectivity index (χ0v) is 14.6. The molecule has 0 aromatic heterocycles. The molecule has 0 fully saturated rings. The van der Waals surface area contributed by atoms with Gasteiger partial charge in [-0.15, -0.1) is 0 Å². The molecular formula is C19H21NO5. The van der Waals surface area contributed by atoms with Crippen molar-refractivity contribution >= 4 is 11.9 Å². The number of benzene rings is 1. The molecule has 0 unspecified atom stereocenters. The Morgan fingerprint density at radius 1 is 1.20 bits per heavy atom. The molecule has 3 N–H and O–H groups in total. The molecule has 0 bridgehead atoms. The summed E-state index contributed by atoms with van der Waals surface area (Å²) in [5.74, 6) is 9.12. The van der Waals surface area contributed by atoms with Crippen LogP contribution in [-0.2, 0) is 9.53 Å². The molecule has 2 atom stereocenters. The van der Waals surface area contributed by atoms with E-state index in [2.05, 4.69) is 33.7 Å². The van der Waals surface area contributed by atoms with Crippen LogP contribution in [0.4, 0.5) is 0 Å². The number of methoxy groups -OCH3 is 1. The fourth-order valence-electron chi connectivity index (χ4n) is 1.81. The minimum absolute atomic E-state index is 0.304. The molecule has 25 heavy (non-hydrogen) atoms. The van der Waals surface area contributed by atoms with Crippen molar-refractivity contribution in [3.8, 4) is 23.7 Å². The maximum atomic E-state index is 12.3. The lowest BCUT2D eigenvalue weighted by Crippen LogP contribution is -2.54. The zero-order chi connectivity index (χ0) is 19.0. The number of rotatable bonds is 4. The number of amides is 1. The number of esters is 1. The Labute approximate surface area is 147 Å². The number of ether oxygens (including phenoxy) is 1. The van der Waals surface area contributed by atoms with Crippen molar-refractivity contribution in [2.45, 2.75) is 38.5 Å². The lowest BCUT2D eigenvalue weighted by molar-refractivity contribution is -0.148. The number of aliphatic hydroxyl groups is 2. The third-order valence-corrected chi connectivity index (χ3v) is 3.12. The van der Waals surface area contributed by atoms with Crippen molar-refractivity contribution < 1.29 is 24.5 Å². The molecule has 1 aromatic carbocycles. The Bertz CT molecular complexity index is 736. The summed E-state index contributed by atoms with van der Waals surface area (Å²) in [5.41, 5.74) is -0.529. The van der Waals surface area contributed by atoms with Crippen LogP contribution in [0, 0.1) is 23.7 Å². The number of hydrogen-bond donors (Lipinski definition) is 3. The van der Waals surface area contributed by atoms with Crippen molar-refractivity contribution in [2.75, 3.05) is 7.11 Å². The van der Waals surface area contributed by atoms with E-state index in [0.29, 0.717) is 11.1 Å². The monoisotopic (exact) mass is 343 g/mol. The first-order valence-electron chi connectivity index (χ1n) is 7.56. The number of aliphatic hydroxyl groups excluding tert-OH is 1. The number of carbonyl (C=O) groups excluding carboxylic acids is 2. The smallest absolute Gasteiger partial charge is 0.331 e. The van der Waals surface area contributed by atoms with Gasteiger partial charge in [0.15, 0.2) is 6.04 Å². The van der Waals surface area contributed by atoms with Gasteiger partial charge in [-0.1, -0.05) is 11.8 Å². The maximum absolute atomic E-state index is 12.3. The largest absolute Gasteiger partial charge is 0.467 e. The Morgan fingerprint density at radius 3 is 2.28 bits per heavy atom. The van der Waals surface area contributed by atoms with E-state index in [1.165, 1.54) is 27.9 Å². The Hall–Kier alpha value is -2.80. The SMILES string of the molecule is COC(=O)[C@@H](NC(=O)c1ccc(C#CC#C[C@H](C)O)cc1)C(C)(C)O. The molecule has 1 aromatic rings. The van der Waals surface area contributed by atoms with E-state index in [-0.39, 0.29) is 0 Å². The summed E-state index contributed by atoms with van der Waals surface area (Å²) in [4.78, 5) is 24.0. The van der Waals surface area contributed by atoms with Gasteiger partial charge in [0.1, 0.15) is 6.10 Å². The van der Waals surface area contributed by atoms with E-state index in [9.17, 15) is 14.7 Å². The summed E-state index contributed by atoms with van der Waals surface area (Å²) in [5, 5.41) is 21.5. The third kappa shape index (κ3) is 6.68. The van der Waals surface area contributed by atoms with Crippen LogP contribution in [0.25, 0.3) is 0 Å². The molecule has 0 aliphatic heterocycles. The highest BCUT2D eigenvalue weighted by molar-refractivity contribution is 5.97. The minimum Gasteiger partial charge on any atom is -0.467 e. The van der Waals surface area contributed by atoms with Crippen molar-refractivity contribution in [1.29, 1.82) is 0 Å². The third-order valence-electron chi connectivity index (χ3n) is 3.12. The second-order valence-electron chi connectivity index (χ2n) is 5.86. The highest BCUT2D eigenvalue weighted by atomic mass is 16.5. The summed E-state index contributed by atoms with van der Waals surface area (Å²) in [6.07, 6.45) is -0.737. The van der Waals surface area contributed by atoms with Gasteiger partial charge in [0.2, 0.25) is 0 Å². The summed E-state index contributed by atoms with van der Waals surface area (Å²) in [7, 11) is 1.18. The van der Waals surface area contributed by atoms with Crippen molar-refractivity contribution in [3.63, 3.8) is 0 Å². The van der Waals surface area contributed by atoms with Gasteiger partial charge in [0, 0.05) is 11.1 Å². The summed E-state index contributed by atoms with van der Waals surface area (Å²) >= 11 is 0. The number of nitrogens with one attached hydrogen (secondary N) is 1. The van der Waals surface area contributed by atoms with Gasteiger partial charge < -0.3 is 20.3 Å². The van der Waals surface area contributed by atoms with Gasteiger partial charge in [-0.05, 0) is 56.9 Å². The molecule has 0 saturated carbocycles. The Balaban J connectivity index is 2.86. The average molecular weight is 343 g/mol. The van der Waals surface area contributed by atoms with Gasteiger partial charge in [0.05, 0.1) is 12.7 Å². The molecule has 132 valence electrons. The molecule has 0 aliphatic carbocycles. The molecule has 0 aliphatic rings. The zero-order valence-electron chi connectivity index (χ0n) is 14.6. The van der Waals surface area contributed by atoms with Gasteiger partial charge in [-0.3, -0.25) is 4.79 Å². The predicted molar refractivity (Wildman–Crippen MR) is 92.3 cm³/mol. The van der Waals surface area contributed by atoms with Crippen LogP contribution < -0.4 is 5.32 Å². The fraction of sp³-hybridized carbons (Fsp3) is 0.368. The molecule has 0 radical (unpaired) electrons. The Morgan fingerprint density at radius 2 is 1.80 bits per heavy atom. The van der Waals surface area contributed by atoms with E-state index in [1.807, 2.05) is 0 Å². The summed E-state index contributed by atoms with van der Waals surface area (Å²) < 4.78 is 4.60. The van der Waals surface area contributed by atoms with Crippen LogP contribution in [0.1, 0.15) is 36.7 Å². The van der Waals surface area contributed by atoms with E-state index < -0.39 is 29.6 Å². The van der Waals surface area contributed by atoms with Gasteiger partial charge >= 0.3 is 5.97 Å². The van der Waals surface area contributed by atoms with Crippen molar-refractivity contribution in [2.24, 2.45) is 0 Å². The normalized spacial score (nSPS) is 12.6. The first kappa shape index (κ1) is 20.2. The molecule has 0 spiro atoms. The van der Waals surface area contributed by atoms with Crippen LogP contribution in [0.5, 0.6) is 0 Å². The van der Waals surface area contributed by atoms with Crippen molar-refractivity contribution in [1.82, 2.24) is 5.32 Å². The van der Waals surface area contributed by atoms with E-state index in [1.54, 1.807) is 24.3 Å². The van der Waals surface area contributed by atoms with Crippen molar-refractivity contribution in [3.05, 3.63) is 35.4 Å². The highest BCUT2D eigenvalue weighted by Gasteiger charge is 2.35. The van der Waals surface area contributed by atoms with E-state index >= 15 is 0 Å². The van der Waals surface area contributed by atoms with Crippen LogP contribution in [0.2, 0.25) is 0 Å². The summed E-state index contributed by atoms with van der Waals surface area (Å²) in [6, 6.07) is 5.15. The quantitative estimate of drug-likeness (QED) is 0.545. The molecule has 0 saturated heterocycles. The predicted octanol–water partition coefficient (Wildman–Crippen LogP) is 0.465. The lowest BCUT2D eigenvalue weighted by Gasteiger charge is -2.27. The fourth-order valence-corrected chi connectivity index (χ4v) is 1.81. The highest BCUT2D eigenvalue weighted by Crippen LogP contribution is 2.12. The second-order valence-corrected chi connectivity index (χ2v) is 5.86. The molecule has 1 rings (SSSR count). The second kappa shape index (κ2) is 8.89. The molecule has 6 heteroatoms. The van der Waals surface area contributed by atoms with Crippen LogP contribution in [-0.4, -0.2) is 46.9 Å². The number of hydrogen-bond acceptors (Lipinski definition) is 5. The molecule has 0 heterocycles. The molecular weight excluding hydrogens is 322 g/mol. The summed E-state index contributed by atoms with van der Waals surface area (Å²) in [6.45, 7) is 4.35. The van der Waals surface area contributed by atoms with Gasteiger partial charge in [-0.2, -0.15) is 0 Å². The molecule has 6 nitrogen and oxygen atoms in total. The van der Waals surface area contributed by atoms with Gasteiger partial charge in [0.25, 0.3) is 5.91 Å². The topological polar surface area (TPSA) is 95.9 Å². The van der Waals surface area contributed by atoms with Gasteiger partial charge in [-0.25, -0.2) is 4.79 Å². The molecule has 1 amide bonds. The van der Waals surface area contributed by atoms with Crippen LogP contribution in [0.15, 0.2) is 24.3 Å². The van der Waals surface area contributed by atoms with E-state index in [0.717, 1.165) is 0 Å². The van der Waals surface area contributed by atoms with Crippen LogP contribution >= 0.6 is 0 Å². The standard InChI is InChI=1S/C19H21NO5/c1-13(21)7-5-6-8-14-9-11-15(12-10-14)17(22)20-16(18(23)25-4)19(2,3)24/h9-13,16,21,24H,1-4H3,(H,20,22)/t13-,16+/m0/s1. The number of carbonyl (C=O) groups is 2. The average Bonchev–Trinajstić information content (AvgIpc) is 2.55. The first-order valence-corrected chi connectivity index (χ1v) is 7.56. The minimum atomic E-state index is -1.48. The lowest BCUT2D eigenvalue weighted by atomic mass is 9.98. The van der Waals surface area contributed by atoms with E-state index in [4.69, 9.17) is 5.11 Å². The maximum Gasteiger partial charge on any atom is 0.331 e.